The third-order valence-electron chi connectivity index (χ3n) is 3.29. The standard InChI is InChI=1S/C13H21N3O2/c1-5-13(3,6-2)16-11-10(12(17)18-4)7-9(14)8-15-11/h7-8H,5-6,14H2,1-4H3,(H,15,16). The molecule has 3 N–H and O–H groups in total. The number of pyridine rings is 1. The van der Waals surface area contributed by atoms with E-state index in [0.717, 1.165) is 12.8 Å². The number of nitrogen functional groups attached to an aromatic ring is 1. The van der Waals surface area contributed by atoms with Gasteiger partial charge in [-0.25, -0.2) is 9.78 Å². The molecule has 0 aromatic carbocycles. The first-order valence-corrected chi connectivity index (χ1v) is 6.07. The lowest BCUT2D eigenvalue weighted by atomic mass is 9.95. The fourth-order valence-electron chi connectivity index (χ4n) is 1.56. The molecule has 0 fully saturated rings. The summed E-state index contributed by atoms with van der Waals surface area (Å²) in [5.41, 5.74) is 6.35. The Morgan fingerprint density at radius 3 is 2.61 bits per heavy atom. The Balaban J connectivity index is 3.12. The first kappa shape index (κ1) is 14.3. The summed E-state index contributed by atoms with van der Waals surface area (Å²) in [7, 11) is 1.34. The summed E-state index contributed by atoms with van der Waals surface area (Å²) in [5.74, 6) is 0.0779. The zero-order valence-corrected chi connectivity index (χ0v) is 11.4. The molecule has 5 heteroatoms. The molecule has 0 aliphatic carbocycles. The molecule has 0 spiro atoms. The van der Waals surface area contributed by atoms with Gasteiger partial charge in [0.2, 0.25) is 0 Å². The molecule has 1 rings (SSSR count). The minimum absolute atomic E-state index is 0.105. The van der Waals surface area contributed by atoms with Gasteiger partial charge in [-0.05, 0) is 25.8 Å². The number of nitrogens with two attached hydrogens (primary N) is 1. The van der Waals surface area contributed by atoms with Crippen molar-refractivity contribution in [1.29, 1.82) is 0 Å². The molecule has 0 saturated carbocycles. The van der Waals surface area contributed by atoms with E-state index in [-0.39, 0.29) is 5.54 Å². The van der Waals surface area contributed by atoms with Crippen molar-refractivity contribution in [3.05, 3.63) is 17.8 Å². The molecular weight excluding hydrogens is 230 g/mol. The van der Waals surface area contributed by atoms with Crippen LogP contribution in [0.2, 0.25) is 0 Å². The molecule has 0 saturated heterocycles. The Morgan fingerprint density at radius 1 is 1.50 bits per heavy atom. The van der Waals surface area contributed by atoms with E-state index in [0.29, 0.717) is 17.1 Å². The maximum Gasteiger partial charge on any atom is 0.341 e. The molecule has 100 valence electrons. The molecule has 1 heterocycles. The molecule has 1 aromatic rings. The van der Waals surface area contributed by atoms with Gasteiger partial charge in [0.05, 0.1) is 19.0 Å². The highest BCUT2D eigenvalue weighted by Crippen LogP contribution is 2.24. The van der Waals surface area contributed by atoms with Gasteiger partial charge in [-0.2, -0.15) is 0 Å². The van der Waals surface area contributed by atoms with E-state index >= 15 is 0 Å². The van der Waals surface area contributed by atoms with Crippen molar-refractivity contribution in [2.75, 3.05) is 18.2 Å². The normalized spacial score (nSPS) is 11.1. The monoisotopic (exact) mass is 251 g/mol. The zero-order valence-electron chi connectivity index (χ0n) is 11.4. The number of aromatic nitrogens is 1. The number of methoxy groups -OCH3 is 1. The van der Waals surface area contributed by atoms with E-state index in [9.17, 15) is 4.79 Å². The van der Waals surface area contributed by atoms with E-state index < -0.39 is 5.97 Å². The number of esters is 1. The number of carbonyl (C=O) groups is 1. The van der Waals surface area contributed by atoms with Crippen LogP contribution in [0.15, 0.2) is 12.3 Å². The van der Waals surface area contributed by atoms with E-state index in [2.05, 4.69) is 31.1 Å². The predicted octanol–water partition coefficient (Wildman–Crippen LogP) is 2.44. The molecule has 0 aliphatic rings. The minimum atomic E-state index is -0.438. The number of nitrogens with zero attached hydrogens (tertiary/aromatic N) is 1. The van der Waals surface area contributed by atoms with Crippen LogP contribution in [0.4, 0.5) is 11.5 Å². The van der Waals surface area contributed by atoms with E-state index in [4.69, 9.17) is 10.5 Å². The van der Waals surface area contributed by atoms with E-state index in [1.807, 2.05) is 0 Å². The SMILES string of the molecule is CCC(C)(CC)Nc1ncc(N)cc1C(=O)OC. The summed E-state index contributed by atoms with van der Waals surface area (Å²) in [6, 6.07) is 1.58. The van der Waals surface area contributed by atoms with Crippen LogP contribution in [0.3, 0.4) is 0 Å². The number of hydrogen-bond donors (Lipinski definition) is 2. The van der Waals surface area contributed by atoms with Gasteiger partial charge in [0.15, 0.2) is 0 Å². The third kappa shape index (κ3) is 3.12. The summed E-state index contributed by atoms with van der Waals surface area (Å²) in [6.07, 6.45) is 3.38. The second-order valence-corrected chi connectivity index (χ2v) is 4.55. The van der Waals surface area contributed by atoms with Crippen LogP contribution in [0, 0.1) is 0 Å². The van der Waals surface area contributed by atoms with Crippen LogP contribution < -0.4 is 11.1 Å². The van der Waals surface area contributed by atoms with E-state index in [1.165, 1.54) is 13.3 Å². The lowest BCUT2D eigenvalue weighted by Crippen LogP contribution is -2.34. The lowest BCUT2D eigenvalue weighted by molar-refractivity contribution is 0.0601. The lowest BCUT2D eigenvalue weighted by Gasteiger charge is -2.29. The Hall–Kier alpha value is -1.78. The highest BCUT2D eigenvalue weighted by molar-refractivity contribution is 5.95. The first-order chi connectivity index (χ1) is 8.45. The van der Waals surface area contributed by atoms with Crippen LogP contribution >= 0.6 is 0 Å². The number of rotatable bonds is 5. The van der Waals surface area contributed by atoms with Crippen LogP contribution in [-0.2, 0) is 4.74 Å². The molecule has 1 aromatic heterocycles. The Labute approximate surface area is 108 Å². The molecular formula is C13H21N3O2. The molecule has 0 aliphatic heterocycles. The smallest absolute Gasteiger partial charge is 0.341 e. The molecule has 0 amide bonds. The fourth-order valence-corrected chi connectivity index (χ4v) is 1.56. The fraction of sp³-hybridized carbons (Fsp3) is 0.538. The van der Waals surface area contributed by atoms with Crippen molar-refractivity contribution in [2.24, 2.45) is 0 Å². The van der Waals surface area contributed by atoms with Crippen molar-refractivity contribution in [3.8, 4) is 0 Å². The van der Waals surface area contributed by atoms with Gasteiger partial charge in [0, 0.05) is 5.54 Å². The molecule has 0 unspecified atom stereocenters. The topological polar surface area (TPSA) is 77.2 Å². The zero-order chi connectivity index (χ0) is 13.8. The number of hydrogen-bond acceptors (Lipinski definition) is 5. The maximum atomic E-state index is 11.7. The van der Waals surface area contributed by atoms with E-state index in [1.54, 1.807) is 6.07 Å². The van der Waals surface area contributed by atoms with Gasteiger partial charge >= 0.3 is 5.97 Å². The van der Waals surface area contributed by atoms with Gasteiger partial charge in [0.1, 0.15) is 11.4 Å². The second kappa shape index (κ2) is 5.71. The minimum Gasteiger partial charge on any atom is -0.465 e. The quantitative estimate of drug-likeness (QED) is 0.786. The van der Waals surface area contributed by atoms with Gasteiger partial charge < -0.3 is 15.8 Å². The summed E-state index contributed by atoms with van der Waals surface area (Å²) in [6.45, 7) is 6.27. The Bertz CT molecular complexity index is 428. The van der Waals surface area contributed by atoms with Gasteiger partial charge in [-0.1, -0.05) is 13.8 Å². The van der Waals surface area contributed by atoms with Crippen LogP contribution in [-0.4, -0.2) is 23.6 Å². The highest BCUT2D eigenvalue weighted by atomic mass is 16.5. The summed E-state index contributed by atoms with van der Waals surface area (Å²) >= 11 is 0. The van der Waals surface area contributed by atoms with Crippen LogP contribution in [0.5, 0.6) is 0 Å². The highest BCUT2D eigenvalue weighted by Gasteiger charge is 2.23. The molecule has 18 heavy (non-hydrogen) atoms. The average molecular weight is 251 g/mol. The second-order valence-electron chi connectivity index (χ2n) is 4.55. The van der Waals surface area contributed by atoms with Crippen molar-refractivity contribution in [1.82, 2.24) is 4.98 Å². The van der Waals surface area contributed by atoms with Gasteiger partial charge in [0.25, 0.3) is 0 Å². The largest absolute Gasteiger partial charge is 0.465 e. The third-order valence-corrected chi connectivity index (χ3v) is 3.29. The van der Waals surface area contributed by atoms with Crippen molar-refractivity contribution < 1.29 is 9.53 Å². The molecule has 0 radical (unpaired) electrons. The number of ether oxygens (including phenoxy) is 1. The summed E-state index contributed by atoms with van der Waals surface area (Å²) < 4.78 is 4.74. The predicted molar refractivity (Wildman–Crippen MR) is 72.6 cm³/mol. The number of anilines is 2. The first-order valence-electron chi connectivity index (χ1n) is 6.07. The van der Waals surface area contributed by atoms with Crippen LogP contribution in [0.1, 0.15) is 44.0 Å². The van der Waals surface area contributed by atoms with Crippen molar-refractivity contribution in [3.63, 3.8) is 0 Å². The Morgan fingerprint density at radius 2 is 2.11 bits per heavy atom. The van der Waals surface area contributed by atoms with Crippen molar-refractivity contribution in [2.45, 2.75) is 39.2 Å². The van der Waals surface area contributed by atoms with Gasteiger partial charge in [-0.15, -0.1) is 0 Å². The van der Waals surface area contributed by atoms with Gasteiger partial charge in [-0.3, -0.25) is 0 Å². The molecule has 5 nitrogen and oxygen atoms in total. The maximum absolute atomic E-state index is 11.7. The Kier molecular flexibility index (Phi) is 4.53. The molecule has 0 atom stereocenters. The number of carbonyl (C=O) groups excluding carboxylic acids is 1. The number of nitrogens with one attached hydrogen (secondary N) is 1. The average Bonchev–Trinajstić information content (AvgIpc) is 2.39. The summed E-state index contributed by atoms with van der Waals surface area (Å²) in [5, 5.41) is 3.30. The molecule has 0 bridgehead atoms. The summed E-state index contributed by atoms with van der Waals surface area (Å²) in [4.78, 5) is 15.9. The van der Waals surface area contributed by atoms with Crippen molar-refractivity contribution >= 4 is 17.5 Å². The van der Waals surface area contributed by atoms with Crippen LogP contribution in [0.25, 0.3) is 0 Å².